The molecule has 0 bridgehead atoms. The number of nitrogens with one attached hydrogen (secondary N) is 1. The van der Waals surface area contributed by atoms with Gasteiger partial charge < -0.3 is 5.32 Å². The summed E-state index contributed by atoms with van der Waals surface area (Å²) in [5, 5.41) is 2.84. The van der Waals surface area contributed by atoms with Crippen LogP contribution in [-0.2, 0) is 4.79 Å². The minimum Gasteiger partial charge on any atom is -0.356 e. The van der Waals surface area contributed by atoms with Gasteiger partial charge in [0.1, 0.15) is 0 Å². The third kappa shape index (κ3) is 2.04. The standard InChI is InChI=1S/C7H13NO/c1-6-3-2-4-8-7(9)5-6/h6H,2-5H2,1H3,(H,8,9)/t6-/m1/s1. The molecular formula is C7H13NO. The maximum atomic E-state index is 10.8. The molecule has 0 aromatic heterocycles. The smallest absolute Gasteiger partial charge is 0.220 e. The third-order valence-electron chi connectivity index (χ3n) is 1.73. The summed E-state index contributed by atoms with van der Waals surface area (Å²) < 4.78 is 0. The molecule has 0 aromatic rings. The van der Waals surface area contributed by atoms with Gasteiger partial charge in [0.15, 0.2) is 0 Å². The fourth-order valence-corrected chi connectivity index (χ4v) is 1.17. The molecule has 0 spiro atoms. The van der Waals surface area contributed by atoms with Crippen molar-refractivity contribution in [1.82, 2.24) is 5.32 Å². The largest absolute Gasteiger partial charge is 0.356 e. The first-order valence-electron chi connectivity index (χ1n) is 3.56. The monoisotopic (exact) mass is 127 g/mol. The molecule has 1 fully saturated rings. The summed E-state index contributed by atoms with van der Waals surface area (Å²) in [5.41, 5.74) is 0. The SMILES string of the molecule is C[C@@H]1CCCNC(=O)C1. The lowest BCUT2D eigenvalue weighted by Crippen LogP contribution is -2.21. The zero-order chi connectivity index (χ0) is 6.69. The van der Waals surface area contributed by atoms with Crippen molar-refractivity contribution in [2.45, 2.75) is 26.2 Å². The Morgan fingerprint density at radius 3 is 3.22 bits per heavy atom. The van der Waals surface area contributed by atoms with E-state index in [1.54, 1.807) is 0 Å². The lowest BCUT2D eigenvalue weighted by Gasteiger charge is -2.01. The van der Waals surface area contributed by atoms with Crippen LogP contribution in [-0.4, -0.2) is 12.5 Å². The molecule has 1 heterocycles. The van der Waals surface area contributed by atoms with Crippen molar-refractivity contribution >= 4 is 5.91 Å². The van der Waals surface area contributed by atoms with Gasteiger partial charge in [-0.3, -0.25) is 4.79 Å². The van der Waals surface area contributed by atoms with Crippen molar-refractivity contribution in [2.24, 2.45) is 5.92 Å². The van der Waals surface area contributed by atoms with E-state index in [-0.39, 0.29) is 5.91 Å². The van der Waals surface area contributed by atoms with Crippen LogP contribution in [0.1, 0.15) is 26.2 Å². The number of hydrogen-bond donors (Lipinski definition) is 1. The summed E-state index contributed by atoms with van der Waals surface area (Å²) in [7, 11) is 0. The van der Waals surface area contributed by atoms with Crippen LogP contribution in [0.2, 0.25) is 0 Å². The second-order valence-corrected chi connectivity index (χ2v) is 2.80. The summed E-state index contributed by atoms with van der Waals surface area (Å²) >= 11 is 0. The minimum absolute atomic E-state index is 0.222. The first-order valence-corrected chi connectivity index (χ1v) is 3.56. The van der Waals surface area contributed by atoms with Crippen molar-refractivity contribution in [3.05, 3.63) is 0 Å². The molecule has 9 heavy (non-hydrogen) atoms. The Morgan fingerprint density at radius 2 is 2.44 bits per heavy atom. The van der Waals surface area contributed by atoms with Gasteiger partial charge in [0.05, 0.1) is 0 Å². The quantitative estimate of drug-likeness (QED) is 0.515. The molecule has 1 aliphatic heterocycles. The predicted molar refractivity (Wildman–Crippen MR) is 36.0 cm³/mol. The number of hydrogen-bond acceptors (Lipinski definition) is 1. The molecule has 1 aliphatic rings. The average Bonchev–Trinajstić information content (AvgIpc) is 1.93. The molecule has 2 nitrogen and oxygen atoms in total. The van der Waals surface area contributed by atoms with Crippen molar-refractivity contribution in [2.75, 3.05) is 6.54 Å². The molecule has 0 saturated carbocycles. The van der Waals surface area contributed by atoms with Gasteiger partial charge in [-0.2, -0.15) is 0 Å². The molecule has 0 aliphatic carbocycles. The van der Waals surface area contributed by atoms with Crippen LogP contribution in [0.15, 0.2) is 0 Å². The van der Waals surface area contributed by atoms with Crippen LogP contribution < -0.4 is 5.32 Å². The molecule has 1 amide bonds. The van der Waals surface area contributed by atoms with E-state index in [2.05, 4.69) is 12.2 Å². The maximum absolute atomic E-state index is 10.8. The molecule has 0 aromatic carbocycles. The van der Waals surface area contributed by atoms with Gasteiger partial charge in [-0.15, -0.1) is 0 Å². The zero-order valence-corrected chi connectivity index (χ0v) is 5.81. The average molecular weight is 127 g/mol. The van der Waals surface area contributed by atoms with E-state index in [0.717, 1.165) is 19.4 Å². The van der Waals surface area contributed by atoms with Crippen molar-refractivity contribution in [3.63, 3.8) is 0 Å². The van der Waals surface area contributed by atoms with E-state index in [4.69, 9.17) is 0 Å². The Labute approximate surface area is 55.6 Å². The first kappa shape index (κ1) is 6.59. The molecule has 0 unspecified atom stereocenters. The van der Waals surface area contributed by atoms with E-state index < -0.39 is 0 Å². The normalized spacial score (nSPS) is 29.0. The van der Waals surface area contributed by atoms with Crippen LogP contribution in [0, 0.1) is 5.92 Å². The van der Waals surface area contributed by atoms with E-state index in [9.17, 15) is 4.79 Å². The lowest BCUT2D eigenvalue weighted by molar-refractivity contribution is -0.121. The van der Waals surface area contributed by atoms with E-state index >= 15 is 0 Å². The van der Waals surface area contributed by atoms with Crippen LogP contribution >= 0.6 is 0 Å². The molecule has 0 radical (unpaired) electrons. The first-order chi connectivity index (χ1) is 4.29. The van der Waals surface area contributed by atoms with E-state index in [1.165, 1.54) is 6.42 Å². The van der Waals surface area contributed by atoms with Crippen LogP contribution in [0.4, 0.5) is 0 Å². The third-order valence-corrected chi connectivity index (χ3v) is 1.73. The topological polar surface area (TPSA) is 29.1 Å². The summed E-state index contributed by atoms with van der Waals surface area (Å²) in [6.07, 6.45) is 3.06. The maximum Gasteiger partial charge on any atom is 0.220 e. The molecule has 2 heteroatoms. The summed E-state index contributed by atoms with van der Waals surface area (Å²) in [4.78, 5) is 10.8. The molecule has 1 atom stereocenters. The Hall–Kier alpha value is -0.530. The number of carbonyl (C=O) groups excluding carboxylic acids is 1. The highest BCUT2D eigenvalue weighted by atomic mass is 16.1. The lowest BCUT2D eigenvalue weighted by atomic mass is 10.0. The van der Waals surface area contributed by atoms with Crippen molar-refractivity contribution < 1.29 is 4.79 Å². The summed E-state index contributed by atoms with van der Waals surface area (Å²) in [6, 6.07) is 0. The highest BCUT2D eigenvalue weighted by Crippen LogP contribution is 2.11. The van der Waals surface area contributed by atoms with Crippen LogP contribution in [0.5, 0.6) is 0 Å². The number of carbonyl (C=O) groups is 1. The second kappa shape index (κ2) is 2.85. The van der Waals surface area contributed by atoms with Gasteiger partial charge in [0.2, 0.25) is 5.91 Å². The van der Waals surface area contributed by atoms with Gasteiger partial charge in [-0.25, -0.2) is 0 Å². The van der Waals surface area contributed by atoms with E-state index in [1.807, 2.05) is 0 Å². The highest BCUT2D eigenvalue weighted by molar-refractivity contribution is 5.76. The van der Waals surface area contributed by atoms with Gasteiger partial charge >= 0.3 is 0 Å². The zero-order valence-electron chi connectivity index (χ0n) is 5.81. The second-order valence-electron chi connectivity index (χ2n) is 2.80. The van der Waals surface area contributed by atoms with Crippen molar-refractivity contribution in [1.29, 1.82) is 0 Å². The fraction of sp³-hybridized carbons (Fsp3) is 0.857. The van der Waals surface area contributed by atoms with Gasteiger partial charge in [0, 0.05) is 13.0 Å². The molecule has 52 valence electrons. The highest BCUT2D eigenvalue weighted by Gasteiger charge is 2.11. The van der Waals surface area contributed by atoms with Crippen molar-refractivity contribution in [3.8, 4) is 0 Å². The summed E-state index contributed by atoms with van der Waals surface area (Å²) in [6.45, 7) is 3.01. The van der Waals surface area contributed by atoms with Gasteiger partial charge in [0.25, 0.3) is 0 Å². The Bertz CT molecular complexity index is 111. The molecular weight excluding hydrogens is 114 g/mol. The van der Waals surface area contributed by atoms with E-state index in [0.29, 0.717) is 5.92 Å². The summed E-state index contributed by atoms with van der Waals surface area (Å²) in [5.74, 6) is 0.813. The predicted octanol–water partition coefficient (Wildman–Crippen LogP) is 0.923. The Morgan fingerprint density at radius 1 is 1.67 bits per heavy atom. The molecule has 1 N–H and O–H groups in total. The molecule has 1 rings (SSSR count). The Balaban J connectivity index is 2.37. The molecule has 1 saturated heterocycles. The van der Waals surface area contributed by atoms with Crippen LogP contribution in [0.3, 0.4) is 0 Å². The van der Waals surface area contributed by atoms with Gasteiger partial charge in [-0.1, -0.05) is 6.92 Å². The number of amides is 1. The number of rotatable bonds is 0. The minimum atomic E-state index is 0.222. The Kier molecular flexibility index (Phi) is 2.09. The fourth-order valence-electron chi connectivity index (χ4n) is 1.17. The van der Waals surface area contributed by atoms with Gasteiger partial charge in [-0.05, 0) is 18.8 Å². The van der Waals surface area contributed by atoms with Crippen LogP contribution in [0.25, 0.3) is 0 Å².